The summed E-state index contributed by atoms with van der Waals surface area (Å²) in [5.41, 5.74) is 0.914. The van der Waals surface area contributed by atoms with Gasteiger partial charge in [0.2, 0.25) is 5.91 Å². The summed E-state index contributed by atoms with van der Waals surface area (Å²) in [5, 5.41) is 0. The molecular weight excluding hydrogens is 370 g/mol. The van der Waals surface area contributed by atoms with Gasteiger partial charge in [0.1, 0.15) is 0 Å². The third kappa shape index (κ3) is 4.91. The van der Waals surface area contributed by atoms with E-state index in [9.17, 15) is 13.2 Å². The van der Waals surface area contributed by atoms with E-state index in [1.807, 2.05) is 12.1 Å². The van der Waals surface area contributed by atoms with E-state index in [-0.39, 0.29) is 18.4 Å². The van der Waals surface area contributed by atoms with Gasteiger partial charge in [-0.1, -0.05) is 6.07 Å². The molecule has 152 valence electrons. The molecule has 0 N–H and O–H groups in total. The molecule has 1 aliphatic heterocycles. The van der Waals surface area contributed by atoms with E-state index in [1.54, 1.807) is 32.2 Å². The van der Waals surface area contributed by atoms with Gasteiger partial charge < -0.3 is 14.4 Å². The predicted molar refractivity (Wildman–Crippen MR) is 103 cm³/mol. The van der Waals surface area contributed by atoms with Gasteiger partial charge in [-0.25, -0.2) is 0 Å². The van der Waals surface area contributed by atoms with Crippen molar-refractivity contribution in [2.45, 2.75) is 19.4 Å². The number of nitrogens with zero attached hydrogens (tertiary/aromatic N) is 3. The zero-order valence-electron chi connectivity index (χ0n) is 16.6. The van der Waals surface area contributed by atoms with E-state index < -0.39 is 10.2 Å². The van der Waals surface area contributed by atoms with Gasteiger partial charge >= 0.3 is 0 Å². The molecule has 0 saturated carbocycles. The number of ether oxygens (including phenoxy) is 2. The van der Waals surface area contributed by atoms with Crippen LogP contribution in [0.15, 0.2) is 18.2 Å². The van der Waals surface area contributed by atoms with E-state index in [2.05, 4.69) is 0 Å². The van der Waals surface area contributed by atoms with Gasteiger partial charge in [-0.05, 0) is 30.5 Å². The summed E-state index contributed by atoms with van der Waals surface area (Å²) in [7, 11) is 4.38. The van der Waals surface area contributed by atoms with Crippen molar-refractivity contribution in [2.75, 3.05) is 48.5 Å². The van der Waals surface area contributed by atoms with Crippen LogP contribution in [-0.4, -0.2) is 76.3 Å². The van der Waals surface area contributed by atoms with E-state index in [0.717, 1.165) is 5.56 Å². The highest BCUT2D eigenvalue weighted by Crippen LogP contribution is 2.28. The lowest BCUT2D eigenvalue weighted by molar-refractivity contribution is -0.135. The molecule has 0 radical (unpaired) electrons. The van der Waals surface area contributed by atoms with Crippen LogP contribution in [0.1, 0.15) is 18.4 Å². The van der Waals surface area contributed by atoms with E-state index in [4.69, 9.17) is 9.47 Å². The Labute approximate surface area is 161 Å². The molecule has 1 aromatic carbocycles. The van der Waals surface area contributed by atoms with Gasteiger partial charge in [-0.2, -0.15) is 17.0 Å². The number of amides is 1. The molecule has 1 atom stereocenters. The van der Waals surface area contributed by atoms with Gasteiger partial charge in [0.05, 0.1) is 20.1 Å². The highest BCUT2D eigenvalue weighted by Gasteiger charge is 2.34. The van der Waals surface area contributed by atoms with Crippen molar-refractivity contribution in [2.24, 2.45) is 5.92 Å². The Morgan fingerprint density at radius 3 is 2.44 bits per heavy atom. The molecule has 2 rings (SSSR count). The zero-order valence-corrected chi connectivity index (χ0v) is 17.5. The minimum atomic E-state index is -3.50. The standard InChI is InChI=1S/C18H29N3O5S/c1-19(2)27(23,24)21-10-6-7-15(13-21)18(22)20(3)12-14-8-9-16(25-4)17(11-14)26-5/h8-9,11,15H,6-7,10,12-13H2,1-5H3/t15-/m1/s1. The summed E-state index contributed by atoms with van der Waals surface area (Å²) in [5.74, 6) is 0.853. The van der Waals surface area contributed by atoms with Crippen molar-refractivity contribution in [1.29, 1.82) is 0 Å². The first-order valence-electron chi connectivity index (χ1n) is 8.84. The van der Waals surface area contributed by atoms with Gasteiger partial charge in [0, 0.05) is 40.8 Å². The number of carbonyl (C=O) groups excluding carboxylic acids is 1. The van der Waals surface area contributed by atoms with Crippen LogP contribution < -0.4 is 9.47 Å². The fourth-order valence-electron chi connectivity index (χ4n) is 3.23. The van der Waals surface area contributed by atoms with Crippen molar-refractivity contribution in [3.05, 3.63) is 23.8 Å². The van der Waals surface area contributed by atoms with Crippen molar-refractivity contribution < 1.29 is 22.7 Å². The minimum absolute atomic E-state index is 0.0524. The second-order valence-corrected chi connectivity index (χ2v) is 9.01. The largest absolute Gasteiger partial charge is 0.493 e. The van der Waals surface area contributed by atoms with Crippen LogP contribution in [0.4, 0.5) is 0 Å². The van der Waals surface area contributed by atoms with Crippen LogP contribution in [0.2, 0.25) is 0 Å². The molecular formula is C18H29N3O5S. The normalized spacial score (nSPS) is 18.4. The molecule has 1 saturated heterocycles. The SMILES string of the molecule is COc1ccc(CN(C)C(=O)[C@@H]2CCCN(S(=O)(=O)N(C)C)C2)cc1OC. The lowest BCUT2D eigenvalue weighted by Crippen LogP contribution is -2.48. The molecule has 0 unspecified atom stereocenters. The Morgan fingerprint density at radius 2 is 1.85 bits per heavy atom. The predicted octanol–water partition coefficient (Wildman–Crippen LogP) is 1.18. The molecule has 1 amide bonds. The number of rotatable bonds is 7. The third-order valence-corrected chi connectivity index (χ3v) is 6.67. The van der Waals surface area contributed by atoms with Crippen LogP contribution in [0.5, 0.6) is 11.5 Å². The van der Waals surface area contributed by atoms with Crippen LogP contribution in [0.25, 0.3) is 0 Å². The average molecular weight is 400 g/mol. The first-order chi connectivity index (χ1) is 12.7. The quantitative estimate of drug-likeness (QED) is 0.688. The Balaban J connectivity index is 2.06. The molecule has 1 fully saturated rings. The van der Waals surface area contributed by atoms with Crippen LogP contribution in [0, 0.1) is 5.92 Å². The second kappa shape index (κ2) is 8.90. The van der Waals surface area contributed by atoms with Gasteiger partial charge in [-0.15, -0.1) is 0 Å². The monoisotopic (exact) mass is 399 g/mol. The molecule has 8 nitrogen and oxygen atoms in total. The van der Waals surface area contributed by atoms with Crippen LogP contribution in [-0.2, 0) is 21.5 Å². The second-order valence-electron chi connectivity index (χ2n) is 6.87. The first-order valence-corrected chi connectivity index (χ1v) is 10.2. The first kappa shape index (κ1) is 21.5. The van der Waals surface area contributed by atoms with Crippen molar-refractivity contribution >= 4 is 16.1 Å². The smallest absolute Gasteiger partial charge is 0.281 e. The van der Waals surface area contributed by atoms with Crippen LogP contribution >= 0.6 is 0 Å². The molecule has 9 heteroatoms. The fourth-order valence-corrected chi connectivity index (χ4v) is 4.42. The Morgan fingerprint density at radius 1 is 1.19 bits per heavy atom. The maximum Gasteiger partial charge on any atom is 0.281 e. The molecule has 27 heavy (non-hydrogen) atoms. The number of hydrogen-bond donors (Lipinski definition) is 0. The van der Waals surface area contributed by atoms with E-state index in [1.165, 1.54) is 22.7 Å². The number of hydrogen-bond acceptors (Lipinski definition) is 5. The topological polar surface area (TPSA) is 79.4 Å². The molecule has 0 spiro atoms. The third-order valence-electron chi connectivity index (χ3n) is 4.77. The summed E-state index contributed by atoms with van der Waals surface area (Å²) in [6, 6.07) is 5.53. The molecule has 1 heterocycles. The lowest BCUT2D eigenvalue weighted by atomic mass is 9.98. The van der Waals surface area contributed by atoms with Gasteiger partial charge in [0.15, 0.2) is 11.5 Å². The van der Waals surface area contributed by atoms with E-state index >= 15 is 0 Å². The van der Waals surface area contributed by atoms with Gasteiger partial charge in [0.25, 0.3) is 10.2 Å². The highest BCUT2D eigenvalue weighted by molar-refractivity contribution is 7.86. The maximum atomic E-state index is 12.9. The summed E-state index contributed by atoms with van der Waals surface area (Å²) < 4.78 is 37.8. The average Bonchev–Trinajstić information content (AvgIpc) is 2.67. The Hall–Kier alpha value is -1.84. The summed E-state index contributed by atoms with van der Waals surface area (Å²) >= 11 is 0. The Bertz CT molecular complexity index is 766. The summed E-state index contributed by atoms with van der Waals surface area (Å²) in [6.45, 7) is 1.08. The highest BCUT2D eigenvalue weighted by atomic mass is 32.2. The Kier molecular flexibility index (Phi) is 7.07. The zero-order chi connectivity index (χ0) is 20.2. The van der Waals surface area contributed by atoms with Gasteiger partial charge in [-0.3, -0.25) is 4.79 Å². The van der Waals surface area contributed by atoms with Crippen molar-refractivity contribution in [3.63, 3.8) is 0 Å². The molecule has 0 bridgehead atoms. The molecule has 0 aromatic heterocycles. The summed E-state index contributed by atoms with van der Waals surface area (Å²) in [6.07, 6.45) is 1.36. The fraction of sp³-hybridized carbons (Fsp3) is 0.611. The molecule has 0 aliphatic carbocycles. The summed E-state index contributed by atoms with van der Waals surface area (Å²) in [4.78, 5) is 14.5. The van der Waals surface area contributed by atoms with Crippen LogP contribution in [0.3, 0.4) is 0 Å². The molecule has 1 aliphatic rings. The molecule has 1 aromatic rings. The van der Waals surface area contributed by atoms with E-state index in [0.29, 0.717) is 37.4 Å². The van der Waals surface area contributed by atoms with Crippen molar-refractivity contribution in [1.82, 2.24) is 13.5 Å². The number of carbonyl (C=O) groups is 1. The number of methoxy groups -OCH3 is 2. The van der Waals surface area contributed by atoms with Crippen molar-refractivity contribution in [3.8, 4) is 11.5 Å². The maximum absolute atomic E-state index is 12.9. The number of piperidine rings is 1. The number of benzene rings is 1. The minimum Gasteiger partial charge on any atom is -0.493 e. The lowest BCUT2D eigenvalue weighted by Gasteiger charge is -2.34.